The van der Waals surface area contributed by atoms with Crippen LogP contribution in [0.3, 0.4) is 0 Å². The van der Waals surface area contributed by atoms with Gasteiger partial charge < -0.3 is 5.32 Å². The molecular weight excluding hydrogens is 376 g/mol. The molecule has 0 saturated heterocycles. The molecule has 3 aromatic rings. The van der Waals surface area contributed by atoms with Crippen molar-refractivity contribution >= 4 is 32.1 Å². The van der Waals surface area contributed by atoms with E-state index < -0.39 is 26.1 Å². The van der Waals surface area contributed by atoms with Crippen molar-refractivity contribution in [1.29, 1.82) is 5.26 Å². The van der Waals surface area contributed by atoms with Crippen LogP contribution in [0.2, 0.25) is 0 Å². The van der Waals surface area contributed by atoms with E-state index in [9.17, 15) is 26.0 Å². The van der Waals surface area contributed by atoms with Crippen LogP contribution in [0.1, 0.15) is 5.56 Å². The van der Waals surface area contributed by atoms with Crippen LogP contribution < -0.4 is 5.32 Å². The van der Waals surface area contributed by atoms with Crippen LogP contribution in [0.25, 0.3) is 10.9 Å². The predicted octanol–water partition coefficient (Wildman–Crippen LogP) is 3.61. The Kier molecular flexibility index (Phi) is 4.08. The van der Waals surface area contributed by atoms with Crippen LogP contribution in [0.5, 0.6) is 0 Å². The van der Waals surface area contributed by atoms with Gasteiger partial charge in [-0.2, -0.15) is 23.5 Å². The van der Waals surface area contributed by atoms with Gasteiger partial charge in [-0.05, 0) is 30.3 Å². The lowest BCUT2D eigenvalue weighted by Crippen LogP contribution is -2.23. The quantitative estimate of drug-likeness (QED) is 0.672. The smallest absolute Gasteiger partial charge is 0.355 e. The van der Waals surface area contributed by atoms with Crippen molar-refractivity contribution in [3.8, 4) is 6.07 Å². The highest BCUT2D eigenvalue weighted by Crippen LogP contribution is 2.36. The number of halogens is 4. The van der Waals surface area contributed by atoms with E-state index in [1.54, 1.807) is 6.07 Å². The average molecular weight is 384 g/mol. The van der Waals surface area contributed by atoms with Gasteiger partial charge >= 0.3 is 5.51 Å². The fourth-order valence-electron chi connectivity index (χ4n) is 2.31. The summed E-state index contributed by atoms with van der Waals surface area (Å²) in [4.78, 5) is -0.958. The molecule has 0 atom stereocenters. The molecule has 0 aliphatic rings. The monoisotopic (exact) mass is 384 g/mol. The zero-order valence-corrected chi connectivity index (χ0v) is 13.4. The van der Waals surface area contributed by atoms with Crippen molar-refractivity contribution in [3.63, 3.8) is 0 Å². The zero-order valence-electron chi connectivity index (χ0n) is 12.6. The minimum atomic E-state index is -5.57. The van der Waals surface area contributed by atoms with Crippen molar-refractivity contribution in [2.75, 3.05) is 5.32 Å². The Bertz CT molecular complexity index is 1150. The lowest BCUT2D eigenvalue weighted by atomic mass is 10.1. The number of hydrogen-bond acceptors (Lipinski definition) is 5. The number of fused-ring (bicyclic) bond motifs is 1. The SMILES string of the molecule is N#Cc1cc(Nc2ccc(S(=O)(=O)C(F)(F)F)c3[nH]ncc23)ccc1F. The largest absolute Gasteiger partial charge is 0.501 e. The number of sulfone groups is 1. The second kappa shape index (κ2) is 5.99. The maximum atomic E-state index is 13.4. The van der Waals surface area contributed by atoms with E-state index in [4.69, 9.17) is 5.26 Å². The molecule has 0 aliphatic heterocycles. The highest BCUT2D eigenvalue weighted by Gasteiger charge is 2.48. The van der Waals surface area contributed by atoms with Gasteiger partial charge in [-0.25, -0.2) is 12.8 Å². The standard InChI is InChI=1S/C15H8F4N4O2S/c16-11-2-1-9(5-8(11)6-20)22-12-3-4-13(14-10(12)7-21-23-14)26(24,25)15(17,18)19/h1-5,7,22H,(H,21,23). The molecule has 6 nitrogen and oxygen atoms in total. The third-order valence-electron chi connectivity index (χ3n) is 3.54. The highest BCUT2D eigenvalue weighted by atomic mass is 32.2. The maximum Gasteiger partial charge on any atom is 0.501 e. The molecule has 0 radical (unpaired) electrons. The van der Waals surface area contributed by atoms with Gasteiger partial charge in [0.2, 0.25) is 0 Å². The van der Waals surface area contributed by atoms with Crippen molar-refractivity contribution in [3.05, 3.63) is 47.9 Å². The molecule has 134 valence electrons. The number of anilines is 2. The van der Waals surface area contributed by atoms with Crippen molar-refractivity contribution in [1.82, 2.24) is 10.2 Å². The van der Waals surface area contributed by atoms with Crippen LogP contribution in [0.15, 0.2) is 41.4 Å². The summed E-state index contributed by atoms with van der Waals surface area (Å²) in [6, 6.07) is 7.17. The van der Waals surface area contributed by atoms with E-state index in [0.717, 1.165) is 24.4 Å². The molecule has 0 spiro atoms. The number of hydrogen-bond donors (Lipinski definition) is 2. The molecule has 11 heteroatoms. The van der Waals surface area contributed by atoms with Gasteiger partial charge in [0.1, 0.15) is 16.8 Å². The molecule has 0 amide bonds. The number of H-pyrrole nitrogens is 1. The summed E-state index contributed by atoms with van der Waals surface area (Å²) in [5.74, 6) is -0.724. The Hall–Kier alpha value is -3.13. The number of benzene rings is 2. The Balaban J connectivity index is 2.10. The zero-order chi connectivity index (χ0) is 19.1. The van der Waals surface area contributed by atoms with Crippen LogP contribution in [0.4, 0.5) is 28.9 Å². The molecule has 0 unspecified atom stereocenters. The normalized spacial score (nSPS) is 12.1. The summed E-state index contributed by atoms with van der Waals surface area (Å²) < 4.78 is 75.2. The van der Waals surface area contributed by atoms with Gasteiger partial charge in [-0.3, -0.25) is 5.10 Å². The van der Waals surface area contributed by atoms with Gasteiger partial charge in [0.05, 0.1) is 17.3 Å². The van der Waals surface area contributed by atoms with E-state index in [0.29, 0.717) is 0 Å². The summed E-state index contributed by atoms with van der Waals surface area (Å²) in [6.45, 7) is 0. The van der Waals surface area contributed by atoms with Crippen LogP contribution in [0, 0.1) is 17.1 Å². The number of nitriles is 1. The third kappa shape index (κ3) is 2.84. The van der Waals surface area contributed by atoms with Gasteiger partial charge in [-0.15, -0.1) is 0 Å². The number of alkyl halides is 3. The molecular formula is C15H8F4N4O2S. The van der Waals surface area contributed by atoms with Crippen LogP contribution >= 0.6 is 0 Å². The Morgan fingerprint density at radius 1 is 1.19 bits per heavy atom. The average Bonchev–Trinajstić information content (AvgIpc) is 3.05. The van der Waals surface area contributed by atoms with E-state index in [1.165, 1.54) is 12.1 Å². The molecule has 0 saturated carbocycles. The molecule has 2 aromatic carbocycles. The molecule has 0 fully saturated rings. The molecule has 0 aliphatic carbocycles. The minimum absolute atomic E-state index is 0.0816. The van der Waals surface area contributed by atoms with E-state index in [-0.39, 0.29) is 27.8 Å². The fraction of sp³-hybridized carbons (Fsp3) is 0.0667. The van der Waals surface area contributed by atoms with Crippen molar-refractivity contribution in [2.45, 2.75) is 10.4 Å². The van der Waals surface area contributed by atoms with Crippen LogP contribution in [-0.2, 0) is 9.84 Å². The number of nitrogens with one attached hydrogen (secondary N) is 2. The highest BCUT2D eigenvalue weighted by molar-refractivity contribution is 7.92. The first-order valence-electron chi connectivity index (χ1n) is 6.89. The Labute approximate surface area is 144 Å². The molecule has 26 heavy (non-hydrogen) atoms. The second-order valence-corrected chi connectivity index (χ2v) is 7.06. The summed E-state index contributed by atoms with van der Waals surface area (Å²) in [7, 11) is -5.57. The number of nitrogens with zero attached hydrogens (tertiary/aromatic N) is 2. The summed E-state index contributed by atoms with van der Waals surface area (Å²) in [5.41, 5.74) is -5.49. The Morgan fingerprint density at radius 2 is 1.92 bits per heavy atom. The fourth-order valence-corrected chi connectivity index (χ4v) is 3.23. The van der Waals surface area contributed by atoms with Crippen LogP contribution in [-0.4, -0.2) is 24.1 Å². The number of aromatic amines is 1. The summed E-state index contributed by atoms with van der Waals surface area (Å²) >= 11 is 0. The molecule has 3 rings (SSSR count). The molecule has 2 N–H and O–H groups in total. The van der Waals surface area contributed by atoms with Gasteiger partial charge in [0, 0.05) is 16.8 Å². The molecule has 0 bridgehead atoms. The summed E-state index contributed by atoms with van der Waals surface area (Å²) in [5, 5.41) is 17.6. The summed E-state index contributed by atoms with van der Waals surface area (Å²) in [6.07, 6.45) is 1.15. The lowest BCUT2D eigenvalue weighted by Gasteiger charge is -2.12. The van der Waals surface area contributed by atoms with Gasteiger partial charge in [0.15, 0.2) is 0 Å². The first kappa shape index (κ1) is 17.7. The Morgan fingerprint density at radius 3 is 2.58 bits per heavy atom. The van der Waals surface area contributed by atoms with Gasteiger partial charge in [-0.1, -0.05) is 0 Å². The van der Waals surface area contributed by atoms with Crippen molar-refractivity contribution in [2.24, 2.45) is 0 Å². The van der Waals surface area contributed by atoms with E-state index >= 15 is 0 Å². The molecule has 1 heterocycles. The van der Waals surface area contributed by atoms with E-state index in [2.05, 4.69) is 15.5 Å². The van der Waals surface area contributed by atoms with Crippen molar-refractivity contribution < 1.29 is 26.0 Å². The number of rotatable bonds is 3. The topological polar surface area (TPSA) is 98.6 Å². The van der Waals surface area contributed by atoms with E-state index in [1.807, 2.05) is 0 Å². The first-order valence-corrected chi connectivity index (χ1v) is 8.37. The number of aromatic nitrogens is 2. The first-order chi connectivity index (χ1) is 12.1. The predicted molar refractivity (Wildman–Crippen MR) is 83.7 cm³/mol. The lowest BCUT2D eigenvalue weighted by molar-refractivity contribution is -0.0435. The second-order valence-electron chi connectivity index (χ2n) is 5.15. The van der Waals surface area contributed by atoms with Gasteiger partial charge in [0.25, 0.3) is 9.84 Å². The maximum absolute atomic E-state index is 13.4. The molecule has 1 aromatic heterocycles. The third-order valence-corrected chi connectivity index (χ3v) is 5.07. The minimum Gasteiger partial charge on any atom is -0.355 e.